The Morgan fingerprint density at radius 2 is 1.51 bits per heavy atom. The van der Waals surface area contributed by atoms with Crippen LogP contribution in [0.5, 0.6) is 5.75 Å². The molecule has 0 fully saturated rings. The first-order chi connectivity index (χ1) is 20.2. The molecule has 0 spiro atoms. The number of benzene rings is 1. The number of fused-ring (bicyclic) bond motifs is 8. The Balaban J connectivity index is 0.000000798. The second kappa shape index (κ2) is 14.2. The van der Waals surface area contributed by atoms with Crippen molar-refractivity contribution in [1.82, 2.24) is 19.9 Å². The minimum atomic E-state index is -0.750. The molecule has 6 rings (SSSR count). The van der Waals surface area contributed by atoms with Gasteiger partial charge in [0.15, 0.2) is 4.30 Å². The van der Waals surface area contributed by atoms with Crippen LogP contribution in [0.15, 0.2) is 54.6 Å². The average Bonchev–Trinajstić information content (AvgIpc) is 3.73. The number of alkyl halides is 3. The summed E-state index contributed by atoms with van der Waals surface area (Å²) in [5.41, 5.74) is 15.3. The molecule has 5 heterocycles. The molecule has 43 heavy (non-hydrogen) atoms. The predicted molar refractivity (Wildman–Crippen MR) is 180 cm³/mol. The van der Waals surface area contributed by atoms with Crippen LogP contribution >= 0.6 is 34.8 Å². The Morgan fingerprint density at radius 1 is 0.791 bits per heavy atom. The van der Waals surface area contributed by atoms with E-state index in [1.54, 1.807) is 7.11 Å². The second-order valence-electron chi connectivity index (χ2n) is 10.1. The van der Waals surface area contributed by atoms with E-state index in [0.717, 1.165) is 74.6 Å². The van der Waals surface area contributed by atoms with Crippen molar-refractivity contribution in [2.75, 3.05) is 7.11 Å². The molecule has 1 aromatic carbocycles. The van der Waals surface area contributed by atoms with Gasteiger partial charge in [0.25, 0.3) is 0 Å². The first-order valence-corrected chi connectivity index (χ1v) is 15.2. The summed E-state index contributed by atoms with van der Waals surface area (Å²) in [6.45, 7) is 8.78. The minimum absolute atomic E-state index is 0. The van der Waals surface area contributed by atoms with Crippen molar-refractivity contribution >= 4 is 80.2 Å². The standard InChI is InChI=1S/C33H32N4O.CHCl3.Ni/c1-6-25-19(3)29-16-22-10-14-27(34-22)33(21-8-12-24(38-5)13-9-21)28-15-11-23(35-28)17-30-20(4)26(7-2)32(37-30)18-31(25)36-29;2-1(3)4;/h8-18,34,36H,6-7H2,1-5H3;1H;. The average molecular weight is 679 g/mol. The molecule has 226 valence electrons. The fourth-order valence-corrected chi connectivity index (χ4v) is 5.61. The molecule has 4 aromatic rings. The molecular formula is C34H33Cl3N4NiO. The normalized spacial score (nSPS) is 12.2. The number of H-pyrrole nitrogens is 2. The molecule has 0 saturated carbocycles. The van der Waals surface area contributed by atoms with Gasteiger partial charge in [0, 0.05) is 44.1 Å². The zero-order valence-electron chi connectivity index (χ0n) is 24.6. The number of halogens is 3. The number of ether oxygens (including phenoxy) is 1. The van der Waals surface area contributed by atoms with E-state index in [0.29, 0.717) is 0 Å². The maximum Gasteiger partial charge on any atom is 0.180 e. The summed E-state index contributed by atoms with van der Waals surface area (Å²) in [7, 11) is 1.69. The summed E-state index contributed by atoms with van der Waals surface area (Å²) in [6, 6.07) is 18.9. The molecule has 2 aliphatic heterocycles. The van der Waals surface area contributed by atoms with E-state index in [2.05, 4.69) is 92.3 Å². The molecular weight excluding hydrogens is 645 g/mol. The van der Waals surface area contributed by atoms with Crippen molar-refractivity contribution in [2.24, 2.45) is 0 Å². The van der Waals surface area contributed by atoms with E-state index in [4.69, 9.17) is 49.5 Å². The second-order valence-corrected chi connectivity index (χ2v) is 12.1. The van der Waals surface area contributed by atoms with E-state index in [1.807, 2.05) is 12.1 Å². The van der Waals surface area contributed by atoms with Crippen molar-refractivity contribution in [3.05, 3.63) is 88.5 Å². The van der Waals surface area contributed by atoms with Crippen LogP contribution in [0.3, 0.4) is 0 Å². The number of aryl methyl sites for hydroxylation is 2. The van der Waals surface area contributed by atoms with E-state index >= 15 is 0 Å². The third kappa shape index (κ3) is 7.05. The number of nitrogens with zero attached hydrogens (tertiary/aromatic N) is 2. The van der Waals surface area contributed by atoms with Gasteiger partial charge in [0.2, 0.25) is 0 Å². The summed E-state index contributed by atoms with van der Waals surface area (Å²) >= 11 is 14.4. The number of aromatic amines is 2. The van der Waals surface area contributed by atoms with Crippen LogP contribution in [0.4, 0.5) is 0 Å². The van der Waals surface area contributed by atoms with Gasteiger partial charge < -0.3 is 14.7 Å². The van der Waals surface area contributed by atoms with E-state index in [-0.39, 0.29) is 16.5 Å². The summed E-state index contributed by atoms with van der Waals surface area (Å²) < 4.78 is 4.65. The number of allylic oxidation sites excluding steroid dienone is 2. The third-order valence-electron chi connectivity index (χ3n) is 7.68. The maximum atomic E-state index is 5.40. The van der Waals surface area contributed by atoms with E-state index in [1.165, 1.54) is 22.3 Å². The van der Waals surface area contributed by atoms with Crippen LogP contribution in [0.25, 0.3) is 56.5 Å². The SMILES string of the molecule is CCC1=C(C)c2cc3nc(c(-c4ccc(OC)cc4)c4ccc(cc5[nH]c(cc1n2)c(CC)c5C)[nH]4)C=C3.ClC(Cl)Cl.[Ni]. The van der Waals surface area contributed by atoms with Gasteiger partial charge in [0.05, 0.1) is 29.9 Å². The Morgan fingerprint density at radius 3 is 2.16 bits per heavy atom. The summed E-state index contributed by atoms with van der Waals surface area (Å²) in [4.78, 5) is 17.5. The summed E-state index contributed by atoms with van der Waals surface area (Å²) in [5, 5.41) is 0. The molecule has 8 bridgehead atoms. The van der Waals surface area contributed by atoms with Crippen molar-refractivity contribution in [1.29, 1.82) is 0 Å². The first kappa shape index (κ1) is 32.9. The van der Waals surface area contributed by atoms with Gasteiger partial charge in [-0.3, -0.25) is 0 Å². The molecule has 0 atom stereocenters. The largest absolute Gasteiger partial charge is 0.497 e. The van der Waals surface area contributed by atoms with Gasteiger partial charge >= 0.3 is 0 Å². The molecule has 2 aliphatic rings. The molecule has 2 N–H and O–H groups in total. The van der Waals surface area contributed by atoms with Crippen LogP contribution in [0.1, 0.15) is 61.1 Å². The van der Waals surface area contributed by atoms with Crippen molar-refractivity contribution in [3.63, 3.8) is 0 Å². The molecule has 9 heteroatoms. The van der Waals surface area contributed by atoms with Gasteiger partial charge in [-0.15, -0.1) is 0 Å². The predicted octanol–water partition coefficient (Wildman–Crippen LogP) is 10.4. The Bertz CT molecular complexity index is 1850. The maximum absolute atomic E-state index is 5.40. The first-order valence-electron chi connectivity index (χ1n) is 13.9. The fraction of sp³-hybridized carbons (Fsp3) is 0.235. The molecule has 0 amide bonds. The van der Waals surface area contributed by atoms with Crippen LogP contribution < -0.4 is 4.74 Å². The number of hydrogen-bond donors (Lipinski definition) is 2. The molecule has 0 unspecified atom stereocenters. The minimum Gasteiger partial charge on any atom is -0.497 e. The Hall–Kier alpha value is -3.02. The number of rotatable bonds is 4. The third-order valence-corrected chi connectivity index (χ3v) is 7.68. The number of aromatic nitrogens is 4. The van der Waals surface area contributed by atoms with Crippen molar-refractivity contribution < 1.29 is 21.2 Å². The Kier molecular flexibility index (Phi) is 10.8. The molecule has 3 aromatic heterocycles. The quantitative estimate of drug-likeness (QED) is 0.147. The van der Waals surface area contributed by atoms with Crippen LogP contribution in [0.2, 0.25) is 0 Å². The fourth-order valence-electron chi connectivity index (χ4n) is 5.61. The van der Waals surface area contributed by atoms with Gasteiger partial charge in [-0.2, -0.15) is 0 Å². The van der Waals surface area contributed by atoms with Crippen LogP contribution in [0, 0.1) is 6.92 Å². The zero-order chi connectivity index (χ0) is 30.0. The van der Waals surface area contributed by atoms with Crippen molar-refractivity contribution in [2.45, 2.75) is 44.8 Å². The Labute approximate surface area is 277 Å². The topological polar surface area (TPSA) is 66.6 Å². The summed E-state index contributed by atoms with van der Waals surface area (Å²) in [5.74, 6) is 0.828. The van der Waals surface area contributed by atoms with Crippen LogP contribution in [-0.4, -0.2) is 31.3 Å². The van der Waals surface area contributed by atoms with Gasteiger partial charge in [-0.25, -0.2) is 9.97 Å². The number of nitrogens with one attached hydrogen (secondary N) is 2. The van der Waals surface area contributed by atoms with Gasteiger partial charge in [0.1, 0.15) is 5.75 Å². The molecule has 0 radical (unpaired) electrons. The molecule has 0 aliphatic carbocycles. The van der Waals surface area contributed by atoms with Gasteiger partial charge in [-0.05, 0) is 109 Å². The smallest absolute Gasteiger partial charge is 0.180 e. The van der Waals surface area contributed by atoms with Gasteiger partial charge in [-0.1, -0.05) is 60.8 Å². The monoisotopic (exact) mass is 676 g/mol. The van der Waals surface area contributed by atoms with Crippen molar-refractivity contribution in [3.8, 4) is 16.9 Å². The zero-order valence-corrected chi connectivity index (χ0v) is 27.9. The van der Waals surface area contributed by atoms with E-state index in [9.17, 15) is 0 Å². The number of hydrogen-bond acceptors (Lipinski definition) is 3. The van der Waals surface area contributed by atoms with Crippen LogP contribution in [-0.2, 0) is 22.9 Å². The molecule has 0 saturated heterocycles. The molecule has 5 nitrogen and oxygen atoms in total. The number of methoxy groups -OCH3 is 1. The summed E-state index contributed by atoms with van der Waals surface area (Å²) in [6.07, 6.45) is 6.05. The van der Waals surface area contributed by atoms with E-state index < -0.39 is 4.30 Å².